The van der Waals surface area contributed by atoms with Gasteiger partial charge in [0.15, 0.2) is 0 Å². The Kier molecular flexibility index (Phi) is 8.48. The van der Waals surface area contributed by atoms with Gasteiger partial charge in [0.1, 0.15) is 0 Å². The number of allylic oxidation sites excluding steroid dienone is 1. The van der Waals surface area contributed by atoms with Crippen molar-refractivity contribution >= 4 is 22.6 Å². The Balaban J connectivity index is 0.000000730. The van der Waals surface area contributed by atoms with E-state index < -0.39 is 0 Å². The number of nitrogens with one attached hydrogen (secondary N) is 1. The largest absolute Gasteiger partial charge is 0.359 e. The van der Waals surface area contributed by atoms with E-state index in [9.17, 15) is 0 Å². The van der Waals surface area contributed by atoms with Gasteiger partial charge in [-0.3, -0.25) is 0 Å². The van der Waals surface area contributed by atoms with Crippen LogP contribution in [0.1, 0.15) is 45.7 Å². The molecule has 0 aliphatic carbocycles. The van der Waals surface area contributed by atoms with Crippen LogP contribution in [-0.2, 0) is 7.05 Å². The van der Waals surface area contributed by atoms with E-state index in [0.29, 0.717) is 0 Å². The zero-order valence-corrected chi connectivity index (χ0v) is 16.6. The molecule has 3 rings (SSSR count). The van der Waals surface area contributed by atoms with Gasteiger partial charge < -0.3 is 9.88 Å². The quantitative estimate of drug-likeness (QED) is 0.624. The van der Waals surface area contributed by atoms with E-state index in [1.807, 2.05) is 47.9 Å². The number of hydrogen-bond acceptors (Lipinski definition) is 2. The van der Waals surface area contributed by atoms with Crippen LogP contribution >= 0.6 is 0 Å². The highest BCUT2D eigenvalue weighted by molar-refractivity contribution is 5.87. The molecule has 0 amide bonds. The summed E-state index contributed by atoms with van der Waals surface area (Å²) in [5, 5.41) is 3.12. The number of aryl methyl sites for hydroxylation is 1. The highest BCUT2D eigenvalue weighted by Crippen LogP contribution is 2.27. The number of imidazole rings is 1. The summed E-state index contributed by atoms with van der Waals surface area (Å²) in [6.07, 6.45) is 2.16. The summed E-state index contributed by atoms with van der Waals surface area (Å²) >= 11 is 0. The van der Waals surface area contributed by atoms with Crippen molar-refractivity contribution in [3.8, 4) is 0 Å². The zero-order chi connectivity index (χ0) is 18.8. The van der Waals surface area contributed by atoms with Gasteiger partial charge in [0.25, 0.3) is 0 Å². The number of nitrogens with zero attached hydrogens (tertiary/aromatic N) is 2. The number of aromatic nitrogens is 2. The van der Waals surface area contributed by atoms with Crippen LogP contribution in [0.2, 0.25) is 0 Å². The molecule has 0 atom stereocenters. The molecule has 0 saturated carbocycles. The summed E-state index contributed by atoms with van der Waals surface area (Å²) in [6.45, 7) is 10.1. The molecular weight excluding hydrogens is 306 g/mol. The third kappa shape index (κ3) is 4.50. The minimum absolute atomic E-state index is 0.879. The van der Waals surface area contributed by atoms with Crippen molar-refractivity contribution in [1.29, 1.82) is 0 Å². The van der Waals surface area contributed by atoms with Crippen LogP contribution in [0.25, 0.3) is 16.6 Å². The molecule has 0 saturated heterocycles. The third-order valence-electron chi connectivity index (χ3n) is 3.79. The van der Waals surface area contributed by atoms with Crippen molar-refractivity contribution < 1.29 is 0 Å². The van der Waals surface area contributed by atoms with Gasteiger partial charge in [-0.2, -0.15) is 0 Å². The highest BCUT2D eigenvalue weighted by Gasteiger charge is 2.09. The van der Waals surface area contributed by atoms with Crippen LogP contribution in [0.15, 0.2) is 54.6 Å². The first-order valence-electron chi connectivity index (χ1n) is 9.11. The summed E-state index contributed by atoms with van der Waals surface area (Å²) in [4.78, 5) is 4.56. The first kappa shape index (κ1) is 20.5. The van der Waals surface area contributed by atoms with Crippen LogP contribution in [0.3, 0.4) is 0 Å². The minimum atomic E-state index is 0.879. The molecule has 1 N–H and O–H groups in total. The molecule has 0 bridgehead atoms. The lowest BCUT2D eigenvalue weighted by molar-refractivity contribution is 0.952. The molecule has 0 radical (unpaired) electrons. The predicted molar refractivity (Wildman–Crippen MR) is 112 cm³/mol. The molecule has 0 unspecified atom stereocenters. The lowest BCUT2D eigenvalue weighted by Gasteiger charge is -2.08. The molecule has 1 heterocycles. The smallest absolute Gasteiger partial charge is 0.203 e. The Labute approximate surface area is 152 Å². The standard InChI is InChI=1S/C18H19N3.2C2H6/c1-4-15(13-8-6-5-7-9-13)14-10-11-16-17(12-14)21(3)18(19-2)20-16;2*1-2/h4-12H,1-3H3,(H,19,20);2*1-2H3/b15-4+;;. The van der Waals surface area contributed by atoms with E-state index in [1.54, 1.807) is 0 Å². The van der Waals surface area contributed by atoms with Crippen molar-refractivity contribution in [1.82, 2.24) is 9.55 Å². The predicted octanol–water partition coefficient (Wildman–Crippen LogP) is 6.12. The second kappa shape index (κ2) is 10.3. The fourth-order valence-electron chi connectivity index (χ4n) is 2.70. The molecular formula is C22H31N3. The molecule has 0 fully saturated rings. The van der Waals surface area contributed by atoms with E-state index >= 15 is 0 Å². The summed E-state index contributed by atoms with van der Waals surface area (Å²) in [7, 11) is 3.92. The number of hydrogen-bond donors (Lipinski definition) is 1. The molecule has 0 aliphatic rings. The van der Waals surface area contributed by atoms with E-state index in [1.165, 1.54) is 16.7 Å². The van der Waals surface area contributed by atoms with Gasteiger partial charge in [-0.05, 0) is 35.8 Å². The summed E-state index contributed by atoms with van der Waals surface area (Å²) in [6, 6.07) is 16.9. The van der Waals surface area contributed by atoms with E-state index in [0.717, 1.165) is 17.0 Å². The number of fused-ring (bicyclic) bond motifs is 1. The Hall–Kier alpha value is -2.55. The molecule has 3 heteroatoms. The van der Waals surface area contributed by atoms with Crippen LogP contribution in [0.5, 0.6) is 0 Å². The first-order chi connectivity index (χ1) is 12.2. The lowest BCUT2D eigenvalue weighted by atomic mass is 9.97. The maximum atomic E-state index is 4.56. The second-order valence-electron chi connectivity index (χ2n) is 5.02. The average molecular weight is 338 g/mol. The van der Waals surface area contributed by atoms with E-state index in [2.05, 4.69) is 70.3 Å². The molecule has 3 aromatic rings. The maximum absolute atomic E-state index is 4.56. The van der Waals surface area contributed by atoms with Gasteiger partial charge in [0.05, 0.1) is 11.0 Å². The van der Waals surface area contributed by atoms with Gasteiger partial charge in [-0.25, -0.2) is 4.98 Å². The Bertz CT molecular complexity index is 799. The monoisotopic (exact) mass is 337 g/mol. The molecule has 0 spiro atoms. The fraction of sp³-hybridized carbons (Fsp3) is 0.318. The van der Waals surface area contributed by atoms with Crippen LogP contribution in [0, 0.1) is 0 Å². The zero-order valence-electron chi connectivity index (χ0n) is 16.6. The third-order valence-corrected chi connectivity index (χ3v) is 3.79. The van der Waals surface area contributed by atoms with E-state index in [4.69, 9.17) is 0 Å². The highest BCUT2D eigenvalue weighted by atomic mass is 15.2. The van der Waals surface area contributed by atoms with E-state index in [-0.39, 0.29) is 0 Å². The average Bonchev–Trinajstić information content (AvgIpc) is 3.02. The molecule has 0 aliphatic heterocycles. The van der Waals surface area contributed by atoms with Crippen LogP contribution < -0.4 is 5.32 Å². The Morgan fingerprint density at radius 3 is 2.16 bits per heavy atom. The number of anilines is 1. The lowest BCUT2D eigenvalue weighted by Crippen LogP contribution is -1.97. The molecule has 3 nitrogen and oxygen atoms in total. The SMILES string of the molecule is C/C=C(\c1ccccc1)c1ccc2nc(NC)n(C)c2c1.CC.CC. The number of benzene rings is 2. The normalized spacial score (nSPS) is 10.4. The van der Waals surface area contributed by atoms with Crippen LogP contribution in [-0.4, -0.2) is 16.6 Å². The topological polar surface area (TPSA) is 29.9 Å². The molecule has 134 valence electrons. The van der Waals surface area contributed by atoms with Gasteiger partial charge in [0, 0.05) is 14.1 Å². The van der Waals surface area contributed by atoms with Gasteiger partial charge in [0.2, 0.25) is 5.95 Å². The van der Waals surface area contributed by atoms with Gasteiger partial charge in [-0.1, -0.05) is 70.2 Å². The molecule has 1 aromatic heterocycles. The van der Waals surface area contributed by atoms with Crippen molar-refractivity contribution in [2.24, 2.45) is 7.05 Å². The second-order valence-corrected chi connectivity index (χ2v) is 5.02. The summed E-state index contributed by atoms with van der Waals surface area (Å²) in [5.41, 5.74) is 5.82. The summed E-state index contributed by atoms with van der Waals surface area (Å²) in [5.74, 6) is 0.879. The minimum Gasteiger partial charge on any atom is -0.359 e. The maximum Gasteiger partial charge on any atom is 0.203 e. The van der Waals surface area contributed by atoms with Crippen molar-refractivity contribution in [2.45, 2.75) is 34.6 Å². The van der Waals surface area contributed by atoms with Crippen LogP contribution in [0.4, 0.5) is 5.95 Å². The molecule has 2 aromatic carbocycles. The first-order valence-corrected chi connectivity index (χ1v) is 9.11. The Morgan fingerprint density at radius 2 is 1.60 bits per heavy atom. The van der Waals surface area contributed by atoms with Crippen molar-refractivity contribution in [3.63, 3.8) is 0 Å². The number of rotatable bonds is 3. The van der Waals surface area contributed by atoms with Crippen molar-refractivity contribution in [3.05, 3.63) is 65.7 Å². The Morgan fingerprint density at radius 1 is 0.960 bits per heavy atom. The summed E-state index contributed by atoms with van der Waals surface area (Å²) < 4.78 is 2.08. The van der Waals surface area contributed by atoms with Gasteiger partial charge in [-0.15, -0.1) is 0 Å². The van der Waals surface area contributed by atoms with Gasteiger partial charge >= 0.3 is 0 Å². The van der Waals surface area contributed by atoms with Crippen molar-refractivity contribution in [2.75, 3.05) is 12.4 Å². The molecule has 25 heavy (non-hydrogen) atoms. The fourth-order valence-corrected chi connectivity index (χ4v) is 2.70.